The minimum atomic E-state index is 0. The highest BCUT2D eigenvalue weighted by Crippen LogP contribution is 2.35. The molecule has 0 fully saturated rings. The van der Waals surface area contributed by atoms with E-state index in [1.807, 2.05) is 18.2 Å². The highest BCUT2D eigenvalue weighted by atomic mass is 35.5. The molecule has 0 bridgehead atoms. The molecule has 2 aromatic carbocycles. The van der Waals surface area contributed by atoms with Crippen LogP contribution in [0.25, 0.3) is 0 Å². The van der Waals surface area contributed by atoms with Gasteiger partial charge in [0, 0.05) is 6.04 Å². The number of methoxy groups -OCH3 is 1. The van der Waals surface area contributed by atoms with Crippen molar-refractivity contribution in [1.29, 1.82) is 0 Å². The predicted molar refractivity (Wildman–Crippen MR) is 88.2 cm³/mol. The number of benzene rings is 2. The predicted octanol–water partition coefficient (Wildman–Crippen LogP) is 2.96. The Kier molecular flexibility index (Phi) is 5.16. The molecule has 2 aromatic rings. The van der Waals surface area contributed by atoms with Gasteiger partial charge in [-0.1, -0.05) is 12.1 Å². The highest BCUT2D eigenvalue weighted by Gasteiger charge is 2.22. The molecule has 1 aliphatic heterocycles. The maximum Gasteiger partial charge on any atom is 0.160 e. The van der Waals surface area contributed by atoms with Crippen LogP contribution < -0.4 is 10.1 Å². The highest BCUT2D eigenvalue weighted by molar-refractivity contribution is 5.85. The number of ether oxygens (including phenoxy) is 1. The Morgan fingerprint density at radius 2 is 1.91 bits per heavy atom. The second-order valence-corrected chi connectivity index (χ2v) is 5.35. The van der Waals surface area contributed by atoms with Crippen molar-refractivity contribution >= 4 is 12.4 Å². The molecule has 0 spiro atoms. The fourth-order valence-corrected chi connectivity index (χ4v) is 2.87. The lowest BCUT2D eigenvalue weighted by Crippen LogP contribution is -2.31. The first-order chi connectivity index (χ1) is 10.2. The van der Waals surface area contributed by atoms with Crippen LogP contribution in [0, 0.1) is 0 Å². The average molecular weight is 322 g/mol. The van der Waals surface area contributed by atoms with Crippen molar-refractivity contribution in [2.45, 2.75) is 18.9 Å². The van der Waals surface area contributed by atoms with Gasteiger partial charge in [0.15, 0.2) is 11.5 Å². The summed E-state index contributed by atoms with van der Waals surface area (Å²) < 4.78 is 5.18. The van der Waals surface area contributed by atoms with Crippen LogP contribution in [0.5, 0.6) is 17.2 Å². The summed E-state index contributed by atoms with van der Waals surface area (Å²) in [7, 11) is 1.57. The first kappa shape index (κ1) is 16.5. The molecule has 3 N–H and O–H groups in total. The third-order valence-electron chi connectivity index (χ3n) is 3.98. The van der Waals surface area contributed by atoms with E-state index in [9.17, 15) is 10.2 Å². The number of fused-ring (bicyclic) bond motifs is 1. The normalized spacial score (nSPS) is 16.5. The first-order valence-electron chi connectivity index (χ1n) is 7.08. The standard InChI is InChI=1S/C17H19NO3.ClH/c1-21-17-9-12-6-7-18-15(14(12)10-16(17)20)8-11-2-4-13(19)5-3-11;/h2-5,9-10,15,18-20H,6-8H2,1H3;1H. The fraction of sp³-hybridized carbons (Fsp3) is 0.294. The molecular weight excluding hydrogens is 302 g/mol. The Bertz CT molecular complexity index is 643. The van der Waals surface area contributed by atoms with Crippen molar-refractivity contribution in [2.24, 2.45) is 0 Å². The summed E-state index contributed by atoms with van der Waals surface area (Å²) in [5, 5.41) is 22.8. The van der Waals surface area contributed by atoms with Crippen LogP contribution >= 0.6 is 12.4 Å². The largest absolute Gasteiger partial charge is 0.508 e. The summed E-state index contributed by atoms with van der Waals surface area (Å²) >= 11 is 0. The molecule has 0 radical (unpaired) electrons. The minimum absolute atomic E-state index is 0. The van der Waals surface area contributed by atoms with Gasteiger partial charge in [-0.05, 0) is 60.3 Å². The molecule has 1 aliphatic rings. The van der Waals surface area contributed by atoms with E-state index in [-0.39, 0.29) is 29.9 Å². The molecule has 5 heteroatoms. The van der Waals surface area contributed by atoms with Crippen LogP contribution in [-0.2, 0) is 12.8 Å². The van der Waals surface area contributed by atoms with Gasteiger partial charge in [-0.3, -0.25) is 0 Å². The zero-order valence-corrected chi connectivity index (χ0v) is 13.2. The van der Waals surface area contributed by atoms with Gasteiger partial charge in [-0.2, -0.15) is 0 Å². The van der Waals surface area contributed by atoms with Crippen LogP contribution in [0.15, 0.2) is 36.4 Å². The van der Waals surface area contributed by atoms with Crippen LogP contribution in [0.1, 0.15) is 22.7 Å². The maximum absolute atomic E-state index is 10.0. The smallest absolute Gasteiger partial charge is 0.160 e. The van der Waals surface area contributed by atoms with Crippen molar-refractivity contribution in [1.82, 2.24) is 5.32 Å². The number of nitrogens with one attached hydrogen (secondary N) is 1. The van der Waals surface area contributed by atoms with Gasteiger partial charge in [0.1, 0.15) is 5.75 Å². The molecule has 1 atom stereocenters. The number of hydrogen-bond acceptors (Lipinski definition) is 4. The van der Waals surface area contributed by atoms with Gasteiger partial charge in [0.25, 0.3) is 0 Å². The van der Waals surface area contributed by atoms with Crippen molar-refractivity contribution in [3.63, 3.8) is 0 Å². The summed E-state index contributed by atoms with van der Waals surface area (Å²) in [5.74, 6) is 0.979. The molecule has 1 unspecified atom stereocenters. The summed E-state index contributed by atoms with van der Waals surface area (Å²) in [4.78, 5) is 0. The van der Waals surface area contributed by atoms with Crippen LogP contribution in [-0.4, -0.2) is 23.9 Å². The first-order valence-corrected chi connectivity index (χ1v) is 7.08. The van der Waals surface area contributed by atoms with Crippen LogP contribution in [0.4, 0.5) is 0 Å². The molecule has 1 heterocycles. The molecule has 0 saturated heterocycles. The van der Waals surface area contributed by atoms with E-state index in [1.54, 1.807) is 25.3 Å². The third kappa shape index (κ3) is 3.29. The van der Waals surface area contributed by atoms with E-state index in [1.165, 1.54) is 5.56 Å². The Hall–Kier alpha value is -1.91. The zero-order valence-electron chi connectivity index (χ0n) is 12.4. The minimum Gasteiger partial charge on any atom is -0.508 e. The number of hydrogen-bond donors (Lipinski definition) is 3. The number of phenols is 2. The molecule has 3 rings (SSSR count). The molecule has 0 amide bonds. The van der Waals surface area contributed by atoms with Gasteiger partial charge in [0.05, 0.1) is 7.11 Å². The Morgan fingerprint density at radius 1 is 1.18 bits per heavy atom. The lowest BCUT2D eigenvalue weighted by Gasteiger charge is -2.28. The van der Waals surface area contributed by atoms with E-state index in [2.05, 4.69) is 5.32 Å². The van der Waals surface area contributed by atoms with Crippen LogP contribution in [0.3, 0.4) is 0 Å². The van der Waals surface area contributed by atoms with Crippen molar-refractivity contribution < 1.29 is 14.9 Å². The van der Waals surface area contributed by atoms with Gasteiger partial charge >= 0.3 is 0 Å². The summed E-state index contributed by atoms with van der Waals surface area (Å²) in [6.45, 7) is 0.906. The Morgan fingerprint density at radius 3 is 2.59 bits per heavy atom. The summed E-state index contributed by atoms with van der Waals surface area (Å²) in [6.07, 6.45) is 1.75. The van der Waals surface area contributed by atoms with Crippen molar-refractivity contribution in [3.8, 4) is 17.2 Å². The van der Waals surface area contributed by atoms with Gasteiger partial charge in [-0.25, -0.2) is 0 Å². The molecule has 0 saturated carbocycles. The lowest BCUT2D eigenvalue weighted by molar-refractivity contribution is 0.370. The lowest BCUT2D eigenvalue weighted by atomic mass is 9.90. The maximum atomic E-state index is 10.0. The quantitative estimate of drug-likeness (QED) is 0.813. The molecule has 4 nitrogen and oxygen atoms in total. The summed E-state index contributed by atoms with van der Waals surface area (Å²) in [5.41, 5.74) is 3.48. The Labute approximate surface area is 136 Å². The summed E-state index contributed by atoms with van der Waals surface area (Å²) in [6, 6.07) is 11.1. The van der Waals surface area contributed by atoms with Crippen LogP contribution in [0.2, 0.25) is 0 Å². The van der Waals surface area contributed by atoms with Gasteiger partial charge in [0.2, 0.25) is 0 Å². The number of phenolic OH excluding ortho intramolecular Hbond substituents is 2. The molecule has 22 heavy (non-hydrogen) atoms. The van der Waals surface area contributed by atoms with Gasteiger partial charge < -0.3 is 20.3 Å². The zero-order chi connectivity index (χ0) is 14.8. The number of rotatable bonds is 3. The van der Waals surface area contributed by atoms with E-state index in [4.69, 9.17) is 4.74 Å². The monoisotopic (exact) mass is 321 g/mol. The average Bonchev–Trinajstić information content (AvgIpc) is 2.49. The molecule has 0 aliphatic carbocycles. The molecule has 0 aromatic heterocycles. The van der Waals surface area contributed by atoms with Gasteiger partial charge in [-0.15, -0.1) is 12.4 Å². The topological polar surface area (TPSA) is 61.7 Å². The van der Waals surface area contributed by atoms with Crippen molar-refractivity contribution in [3.05, 3.63) is 53.1 Å². The second kappa shape index (κ2) is 6.90. The Balaban J connectivity index is 0.00000176. The SMILES string of the molecule is COc1cc2c(cc1O)C(Cc1ccc(O)cc1)NCC2.Cl. The van der Waals surface area contributed by atoms with E-state index >= 15 is 0 Å². The number of halogens is 1. The van der Waals surface area contributed by atoms with E-state index in [0.717, 1.165) is 30.5 Å². The fourth-order valence-electron chi connectivity index (χ4n) is 2.87. The third-order valence-corrected chi connectivity index (χ3v) is 3.98. The number of aromatic hydroxyl groups is 2. The van der Waals surface area contributed by atoms with E-state index in [0.29, 0.717) is 5.75 Å². The van der Waals surface area contributed by atoms with E-state index < -0.39 is 0 Å². The van der Waals surface area contributed by atoms with Crippen molar-refractivity contribution in [2.75, 3.05) is 13.7 Å². The molecular formula is C17H20ClNO3. The molecule has 118 valence electrons. The second-order valence-electron chi connectivity index (χ2n) is 5.35.